The molecule has 176 valence electrons. The third-order valence-corrected chi connectivity index (χ3v) is 8.08. The summed E-state index contributed by atoms with van der Waals surface area (Å²) in [6.45, 7) is 1.73. The number of benzene rings is 3. The minimum atomic E-state index is -3.95. The zero-order valence-electron chi connectivity index (χ0n) is 18.4. The summed E-state index contributed by atoms with van der Waals surface area (Å²) in [6.07, 6.45) is 0. The molecule has 35 heavy (non-hydrogen) atoms. The molecule has 1 unspecified atom stereocenters. The summed E-state index contributed by atoms with van der Waals surface area (Å²) in [5.74, 6) is -1.36. The lowest BCUT2D eigenvalue weighted by Crippen LogP contribution is -2.40. The van der Waals surface area contributed by atoms with E-state index in [1.807, 2.05) is 0 Å². The molecule has 0 aromatic heterocycles. The quantitative estimate of drug-likeness (QED) is 0.375. The number of imide groups is 1. The van der Waals surface area contributed by atoms with Crippen LogP contribution in [0.1, 0.15) is 44.3 Å². The molecule has 1 atom stereocenters. The van der Waals surface area contributed by atoms with Crippen LogP contribution in [0.5, 0.6) is 0 Å². The summed E-state index contributed by atoms with van der Waals surface area (Å²) in [4.78, 5) is 48.8. The maximum absolute atomic E-state index is 13.1. The van der Waals surface area contributed by atoms with Gasteiger partial charge in [0, 0.05) is 23.2 Å². The van der Waals surface area contributed by atoms with Crippen molar-refractivity contribution in [1.82, 2.24) is 16.0 Å². The molecule has 3 aromatic rings. The van der Waals surface area contributed by atoms with Crippen molar-refractivity contribution in [2.45, 2.75) is 28.8 Å². The Morgan fingerprint density at radius 1 is 0.914 bits per heavy atom. The van der Waals surface area contributed by atoms with Gasteiger partial charge in [-0.3, -0.25) is 19.7 Å². The normalized spacial score (nSPS) is 19.9. The van der Waals surface area contributed by atoms with Crippen molar-refractivity contribution in [3.8, 4) is 0 Å². The smallest absolute Gasteiger partial charge is 0.322 e. The van der Waals surface area contributed by atoms with E-state index in [-0.39, 0.29) is 33.0 Å². The van der Waals surface area contributed by atoms with Crippen molar-refractivity contribution < 1.29 is 27.6 Å². The van der Waals surface area contributed by atoms with Crippen LogP contribution in [0.15, 0.2) is 76.5 Å². The first-order chi connectivity index (χ1) is 16.6. The number of hydrogen-bond acceptors (Lipinski definition) is 6. The molecular formula is C25H19N3O6S. The number of urea groups is 1. The van der Waals surface area contributed by atoms with Gasteiger partial charge in [0.25, 0.3) is 11.8 Å². The fourth-order valence-electron chi connectivity index (χ4n) is 4.21. The molecule has 0 radical (unpaired) electrons. The number of nitrogens with one attached hydrogen (secondary N) is 3. The standard InChI is InChI=1S/C25H19N3O6S/c1-25(23(31)27-24(32)28-25)16-9-6-14(7-10-16)13-26-22(30)15-8-11-18-20(12-15)35(33,34)19-5-3-2-4-17(19)21(18)29/h2-12H,13H2,1H3,(H,26,30)(H2,27,28,31,32). The summed E-state index contributed by atoms with van der Waals surface area (Å²) in [5, 5.41) is 7.52. The first-order valence-corrected chi connectivity index (χ1v) is 12.1. The second-order valence-corrected chi connectivity index (χ2v) is 10.3. The summed E-state index contributed by atoms with van der Waals surface area (Å²) in [5.41, 5.74) is 0.389. The molecular weight excluding hydrogens is 470 g/mol. The van der Waals surface area contributed by atoms with Crippen LogP contribution in [0.25, 0.3) is 0 Å². The number of sulfone groups is 1. The van der Waals surface area contributed by atoms with E-state index in [9.17, 15) is 27.6 Å². The van der Waals surface area contributed by atoms with Crippen molar-refractivity contribution in [1.29, 1.82) is 0 Å². The van der Waals surface area contributed by atoms with Crippen LogP contribution in [0.3, 0.4) is 0 Å². The first-order valence-electron chi connectivity index (χ1n) is 10.7. The number of ketones is 1. The maximum Gasteiger partial charge on any atom is 0.322 e. The lowest BCUT2D eigenvalue weighted by Gasteiger charge is -2.21. The van der Waals surface area contributed by atoms with Crippen LogP contribution < -0.4 is 16.0 Å². The monoisotopic (exact) mass is 489 g/mol. The average molecular weight is 490 g/mol. The van der Waals surface area contributed by atoms with E-state index in [0.29, 0.717) is 5.56 Å². The van der Waals surface area contributed by atoms with Gasteiger partial charge in [0.2, 0.25) is 9.84 Å². The molecule has 3 aromatic carbocycles. The summed E-state index contributed by atoms with van der Waals surface area (Å²) in [6, 6.07) is 16.2. The average Bonchev–Trinajstić information content (AvgIpc) is 3.13. The highest BCUT2D eigenvalue weighted by molar-refractivity contribution is 7.91. The zero-order valence-corrected chi connectivity index (χ0v) is 19.2. The fourth-order valence-corrected chi connectivity index (χ4v) is 5.89. The van der Waals surface area contributed by atoms with Crippen LogP contribution in [0, 0.1) is 0 Å². The SMILES string of the molecule is CC1(c2ccc(CNC(=O)c3ccc4c(c3)S(=O)(=O)c3ccccc3C4=O)cc2)NC(=O)NC1=O. The minimum absolute atomic E-state index is 0.0346. The van der Waals surface area contributed by atoms with Crippen molar-refractivity contribution in [3.63, 3.8) is 0 Å². The van der Waals surface area contributed by atoms with Gasteiger partial charge in [-0.05, 0) is 48.4 Å². The Morgan fingerprint density at radius 2 is 1.60 bits per heavy atom. The topological polar surface area (TPSA) is 139 Å². The van der Waals surface area contributed by atoms with Crippen molar-refractivity contribution in [2.24, 2.45) is 0 Å². The Bertz CT molecular complexity index is 1550. The van der Waals surface area contributed by atoms with Crippen LogP contribution >= 0.6 is 0 Å². The molecule has 0 spiro atoms. The molecule has 0 saturated carbocycles. The van der Waals surface area contributed by atoms with Gasteiger partial charge in [0.1, 0.15) is 5.54 Å². The van der Waals surface area contributed by atoms with Gasteiger partial charge in [-0.15, -0.1) is 0 Å². The van der Waals surface area contributed by atoms with Gasteiger partial charge in [-0.1, -0.05) is 36.4 Å². The number of hydrogen-bond donors (Lipinski definition) is 3. The highest BCUT2D eigenvalue weighted by Crippen LogP contribution is 2.34. The molecule has 2 aliphatic rings. The van der Waals surface area contributed by atoms with E-state index in [1.165, 1.54) is 30.3 Å². The van der Waals surface area contributed by atoms with Crippen molar-refractivity contribution in [2.75, 3.05) is 0 Å². The number of fused-ring (bicyclic) bond motifs is 2. The molecule has 4 amide bonds. The van der Waals surface area contributed by atoms with E-state index < -0.39 is 39.0 Å². The number of rotatable bonds is 4. The van der Waals surface area contributed by atoms with Gasteiger partial charge in [-0.2, -0.15) is 0 Å². The van der Waals surface area contributed by atoms with Crippen LogP contribution in [0.4, 0.5) is 4.79 Å². The van der Waals surface area contributed by atoms with Gasteiger partial charge in [-0.25, -0.2) is 13.2 Å². The van der Waals surface area contributed by atoms with Crippen LogP contribution in [-0.4, -0.2) is 32.0 Å². The van der Waals surface area contributed by atoms with E-state index in [2.05, 4.69) is 16.0 Å². The third-order valence-electron chi connectivity index (χ3n) is 6.23. The Kier molecular flexibility index (Phi) is 5.06. The molecule has 1 fully saturated rings. The largest absolute Gasteiger partial charge is 0.348 e. The maximum atomic E-state index is 13.1. The first kappa shape index (κ1) is 22.5. The van der Waals surface area contributed by atoms with Crippen molar-refractivity contribution >= 4 is 33.5 Å². The molecule has 9 nitrogen and oxygen atoms in total. The predicted molar refractivity (Wildman–Crippen MR) is 123 cm³/mol. The van der Waals surface area contributed by atoms with E-state index in [4.69, 9.17) is 0 Å². The highest BCUT2D eigenvalue weighted by atomic mass is 32.2. The van der Waals surface area contributed by atoms with Gasteiger partial charge in [0.05, 0.1) is 9.79 Å². The zero-order chi connectivity index (χ0) is 25.0. The summed E-state index contributed by atoms with van der Waals surface area (Å²) in [7, 11) is -3.95. The Labute approximate surface area is 200 Å². The molecule has 0 bridgehead atoms. The van der Waals surface area contributed by atoms with E-state index >= 15 is 0 Å². The van der Waals surface area contributed by atoms with E-state index in [1.54, 1.807) is 43.3 Å². The number of carbonyl (C=O) groups excluding carboxylic acids is 4. The molecule has 0 aliphatic carbocycles. The van der Waals surface area contributed by atoms with Gasteiger partial charge >= 0.3 is 6.03 Å². The van der Waals surface area contributed by atoms with Gasteiger partial charge in [0.15, 0.2) is 5.78 Å². The summed E-state index contributed by atoms with van der Waals surface area (Å²) < 4.78 is 26.1. The second-order valence-electron chi connectivity index (χ2n) is 8.45. The molecule has 2 aliphatic heterocycles. The van der Waals surface area contributed by atoms with Crippen LogP contribution in [-0.2, 0) is 26.7 Å². The Hall–Kier alpha value is -4.31. The van der Waals surface area contributed by atoms with E-state index in [0.717, 1.165) is 5.56 Å². The molecule has 2 heterocycles. The van der Waals surface area contributed by atoms with Crippen LogP contribution in [0.2, 0.25) is 0 Å². The Morgan fingerprint density at radius 3 is 2.29 bits per heavy atom. The summed E-state index contributed by atoms with van der Waals surface area (Å²) >= 11 is 0. The van der Waals surface area contributed by atoms with Gasteiger partial charge < -0.3 is 10.6 Å². The van der Waals surface area contributed by atoms with Crippen molar-refractivity contribution in [3.05, 3.63) is 94.5 Å². The second kappa shape index (κ2) is 7.88. The minimum Gasteiger partial charge on any atom is -0.348 e. The molecule has 1 saturated heterocycles. The number of carbonyl (C=O) groups is 4. The Balaban J connectivity index is 1.34. The fraction of sp³-hybridized carbons (Fsp3) is 0.120. The lowest BCUT2D eigenvalue weighted by atomic mass is 9.91. The molecule has 10 heteroatoms. The predicted octanol–water partition coefficient (Wildman–Crippen LogP) is 2.05. The number of amides is 4. The highest BCUT2D eigenvalue weighted by Gasteiger charge is 2.43. The third kappa shape index (κ3) is 3.58. The molecule has 3 N–H and O–H groups in total. The lowest BCUT2D eigenvalue weighted by molar-refractivity contribution is -0.123. The molecule has 5 rings (SSSR count).